The van der Waals surface area contributed by atoms with E-state index in [0.717, 1.165) is 32.3 Å². The highest BCUT2D eigenvalue weighted by molar-refractivity contribution is 5.14. The van der Waals surface area contributed by atoms with Crippen molar-refractivity contribution in [3.63, 3.8) is 0 Å². The van der Waals surface area contributed by atoms with Crippen molar-refractivity contribution in [2.45, 2.75) is 31.7 Å². The molecule has 0 saturated heterocycles. The minimum Gasteiger partial charge on any atom is -0.385 e. The topological polar surface area (TPSA) is 47.3 Å². The first kappa shape index (κ1) is 13.2. The van der Waals surface area contributed by atoms with Gasteiger partial charge in [0.15, 0.2) is 0 Å². The lowest BCUT2D eigenvalue weighted by molar-refractivity contribution is 0.180. The van der Waals surface area contributed by atoms with Crippen molar-refractivity contribution in [1.29, 1.82) is 0 Å². The number of nitrogens with two attached hydrogens (primary N) is 1. The number of aryl methyl sites for hydroxylation is 1. The lowest BCUT2D eigenvalue weighted by Crippen LogP contribution is -2.35. The lowest BCUT2D eigenvalue weighted by Gasteiger charge is -2.14. The molecule has 3 heteroatoms. The molecule has 0 fully saturated rings. The first-order valence-corrected chi connectivity index (χ1v) is 5.86. The van der Waals surface area contributed by atoms with E-state index in [-0.39, 0.29) is 0 Å². The van der Waals surface area contributed by atoms with Crippen molar-refractivity contribution in [1.82, 2.24) is 5.43 Å². The number of hydrazine groups is 1. The maximum atomic E-state index is 5.49. The Labute approximate surface area is 98.0 Å². The highest BCUT2D eigenvalue weighted by Crippen LogP contribution is 2.08. The van der Waals surface area contributed by atoms with Crippen molar-refractivity contribution in [2.24, 2.45) is 5.84 Å². The number of nitrogens with one attached hydrogen (secondary N) is 1. The van der Waals surface area contributed by atoms with Gasteiger partial charge in [-0.15, -0.1) is 0 Å². The second-order valence-corrected chi connectivity index (χ2v) is 4.02. The van der Waals surface area contributed by atoms with Crippen LogP contribution in [0.4, 0.5) is 0 Å². The first-order valence-electron chi connectivity index (χ1n) is 5.86. The summed E-state index contributed by atoms with van der Waals surface area (Å²) in [5.41, 5.74) is 4.24. The van der Waals surface area contributed by atoms with E-state index in [1.54, 1.807) is 7.11 Å². The molecular formula is C13H22N2O. The van der Waals surface area contributed by atoms with Crippen LogP contribution in [-0.2, 0) is 11.2 Å². The van der Waals surface area contributed by atoms with Gasteiger partial charge >= 0.3 is 0 Å². The molecule has 1 atom stereocenters. The standard InChI is InChI=1S/C13H22N2O/c1-16-11-10-13(15-14)9-5-8-12-6-3-2-4-7-12/h2-4,6-7,13,15H,5,8-11,14H2,1H3. The molecule has 0 aliphatic heterocycles. The van der Waals surface area contributed by atoms with Crippen LogP contribution in [0.1, 0.15) is 24.8 Å². The Hall–Kier alpha value is -0.900. The zero-order chi connectivity index (χ0) is 11.6. The number of benzene rings is 1. The summed E-state index contributed by atoms with van der Waals surface area (Å²) in [5, 5.41) is 0. The van der Waals surface area contributed by atoms with Crippen LogP contribution in [0, 0.1) is 0 Å². The van der Waals surface area contributed by atoms with Crippen LogP contribution in [-0.4, -0.2) is 19.8 Å². The van der Waals surface area contributed by atoms with Crippen LogP contribution in [0.5, 0.6) is 0 Å². The second kappa shape index (κ2) is 8.28. The summed E-state index contributed by atoms with van der Waals surface area (Å²) < 4.78 is 5.04. The van der Waals surface area contributed by atoms with Gasteiger partial charge in [-0.2, -0.15) is 0 Å². The van der Waals surface area contributed by atoms with Crippen LogP contribution < -0.4 is 11.3 Å². The van der Waals surface area contributed by atoms with Gasteiger partial charge in [-0.05, 0) is 31.2 Å². The molecule has 1 aromatic carbocycles. The van der Waals surface area contributed by atoms with Crippen LogP contribution >= 0.6 is 0 Å². The van der Waals surface area contributed by atoms with Gasteiger partial charge < -0.3 is 4.74 Å². The SMILES string of the molecule is COCCC(CCCc1ccccc1)NN. The van der Waals surface area contributed by atoms with E-state index in [1.807, 2.05) is 6.07 Å². The molecule has 90 valence electrons. The molecule has 1 rings (SSSR count). The second-order valence-electron chi connectivity index (χ2n) is 4.02. The van der Waals surface area contributed by atoms with Crippen molar-refractivity contribution < 1.29 is 4.74 Å². The summed E-state index contributed by atoms with van der Waals surface area (Å²) in [6, 6.07) is 10.9. The van der Waals surface area contributed by atoms with E-state index in [1.165, 1.54) is 5.56 Å². The monoisotopic (exact) mass is 222 g/mol. The summed E-state index contributed by atoms with van der Waals surface area (Å²) in [6.45, 7) is 0.764. The normalized spacial score (nSPS) is 12.6. The van der Waals surface area contributed by atoms with E-state index < -0.39 is 0 Å². The Morgan fingerprint density at radius 1 is 1.25 bits per heavy atom. The molecule has 1 aromatic rings. The molecule has 0 amide bonds. The molecule has 16 heavy (non-hydrogen) atoms. The van der Waals surface area contributed by atoms with E-state index in [4.69, 9.17) is 10.6 Å². The number of rotatable bonds is 8. The van der Waals surface area contributed by atoms with Crippen LogP contribution in [0.3, 0.4) is 0 Å². The molecule has 3 N–H and O–H groups in total. The predicted octanol–water partition coefficient (Wildman–Crippen LogP) is 1.88. The summed E-state index contributed by atoms with van der Waals surface area (Å²) in [4.78, 5) is 0. The molecule has 0 saturated carbocycles. The fourth-order valence-corrected chi connectivity index (χ4v) is 1.77. The summed E-state index contributed by atoms with van der Waals surface area (Å²) in [5.74, 6) is 5.49. The first-order chi connectivity index (χ1) is 7.86. The van der Waals surface area contributed by atoms with Gasteiger partial charge in [-0.25, -0.2) is 0 Å². The molecule has 0 radical (unpaired) electrons. The molecule has 3 nitrogen and oxygen atoms in total. The van der Waals surface area contributed by atoms with Gasteiger partial charge in [0.25, 0.3) is 0 Å². The van der Waals surface area contributed by atoms with E-state index in [2.05, 4.69) is 29.7 Å². The molecule has 0 heterocycles. The van der Waals surface area contributed by atoms with Crippen LogP contribution in [0.2, 0.25) is 0 Å². The van der Waals surface area contributed by atoms with Crippen molar-refractivity contribution in [2.75, 3.05) is 13.7 Å². The quantitative estimate of drug-likeness (QED) is 0.521. The van der Waals surface area contributed by atoms with Gasteiger partial charge in [0.05, 0.1) is 0 Å². The van der Waals surface area contributed by atoms with E-state index in [0.29, 0.717) is 6.04 Å². The van der Waals surface area contributed by atoms with Gasteiger partial charge in [0, 0.05) is 19.8 Å². The average Bonchev–Trinajstić information content (AvgIpc) is 2.35. The van der Waals surface area contributed by atoms with Crippen LogP contribution in [0.15, 0.2) is 30.3 Å². The molecule has 0 aromatic heterocycles. The Balaban J connectivity index is 2.18. The van der Waals surface area contributed by atoms with Gasteiger partial charge in [0.1, 0.15) is 0 Å². The Morgan fingerprint density at radius 2 is 2.00 bits per heavy atom. The molecule has 0 bridgehead atoms. The third-order valence-corrected chi connectivity index (χ3v) is 2.77. The Morgan fingerprint density at radius 3 is 2.62 bits per heavy atom. The fraction of sp³-hybridized carbons (Fsp3) is 0.538. The van der Waals surface area contributed by atoms with E-state index in [9.17, 15) is 0 Å². The van der Waals surface area contributed by atoms with Gasteiger partial charge in [-0.3, -0.25) is 11.3 Å². The largest absolute Gasteiger partial charge is 0.385 e. The number of methoxy groups -OCH3 is 1. The minimum absolute atomic E-state index is 0.365. The molecule has 1 unspecified atom stereocenters. The maximum Gasteiger partial charge on any atom is 0.0477 e. The number of hydrogen-bond acceptors (Lipinski definition) is 3. The number of ether oxygens (including phenoxy) is 1. The van der Waals surface area contributed by atoms with Crippen molar-refractivity contribution >= 4 is 0 Å². The minimum atomic E-state index is 0.365. The predicted molar refractivity (Wildman–Crippen MR) is 67.0 cm³/mol. The fourth-order valence-electron chi connectivity index (χ4n) is 1.77. The summed E-state index contributed by atoms with van der Waals surface area (Å²) in [6.07, 6.45) is 4.34. The zero-order valence-electron chi connectivity index (χ0n) is 9.99. The third-order valence-electron chi connectivity index (χ3n) is 2.77. The molecule has 0 spiro atoms. The van der Waals surface area contributed by atoms with Crippen molar-refractivity contribution in [3.05, 3.63) is 35.9 Å². The Bertz CT molecular complexity index is 264. The molecule has 0 aliphatic rings. The zero-order valence-corrected chi connectivity index (χ0v) is 9.99. The van der Waals surface area contributed by atoms with Gasteiger partial charge in [0.2, 0.25) is 0 Å². The maximum absolute atomic E-state index is 5.49. The highest BCUT2D eigenvalue weighted by Gasteiger charge is 2.05. The van der Waals surface area contributed by atoms with E-state index >= 15 is 0 Å². The Kier molecular flexibility index (Phi) is 6.81. The highest BCUT2D eigenvalue weighted by atomic mass is 16.5. The summed E-state index contributed by atoms with van der Waals surface area (Å²) in [7, 11) is 1.72. The average molecular weight is 222 g/mol. The van der Waals surface area contributed by atoms with Crippen LogP contribution in [0.25, 0.3) is 0 Å². The molecular weight excluding hydrogens is 200 g/mol. The summed E-state index contributed by atoms with van der Waals surface area (Å²) >= 11 is 0. The van der Waals surface area contributed by atoms with Crippen molar-refractivity contribution in [3.8, 4) is 0 Å². The smallest absolute Gasteiger partial charge is 0.0477 e. The van der Waals surface area contributed by atoms with Gasteiger partial charge in [-0.1, -0.05) is 30.3 Å². The third kappa shape index (κ3) is 5.26. The number of hydrogen-bond donors (Lipinski definition) is 2. The molecule has 0 aliphatic carbocycles. The lowest BCUT2D eigenvalue weighted by atomic mass is 10.0.